The monoisotopic (exact) mass is 303 g/mol. The van der Waals surface area contributed by atoms with Crippen LogP contribution in [0.4, 0.5) is 0 Å². The van der Waals surface area contributed by atoms with Gasteiger partial charge in [0.05, 0.1) is 0 Å². The third kappa shape index (κ3) is 4.53. The van der Waals surface area contributed by atoms with Gasteiger partial charge in [0, 0.05) is 0 Å². The first-order chi connectivity index (χ1) is 10.2. The third-order valence-electron chi connectivity index (χ3n) is 3.50. The van der Waals surface area contributed by atoms with Gasteiger partial charge in [0.2, 0.25) is 0 Å². The molecule has 4 nitrogen and oxygen atoms in total. The molecule has 1 heterocycles. The Balaban J connectivity index is 1.90. The van der Waals surface area contributed by atoms with Crippen molar-refractivity contribution in [2.45, 2.75) is 36.8 Å². The summed E-state index contributed by atoms with van der Waals surface area (Å²) in [5.74, 6) is 0.469. The van der Waals surface area contributed by atoms with Crippen LogP contribution in [0, 0.1) is 5.92 Å². The molecular formula is C15H18BNO3S. The number of nitrogens with zero attached hydrogens (tertiary/aromatic N) is 1. The van der Waals surface area contributed by atoms with Crippen LogP contribution < -0.4 is 0 Å². The van der Waals surface area contributed by atoms with Crippen LogP contribution in [0.25, 0.3) is 0 Å². The average Bonchev–Trinajstić information content (AvgIpc) is 2.88. The van der Waals surface area contributed by atoms with E-state index < -0.39 is 0 Å². The number of carbonyl (C=O) groups is 1. The zero-order chi connectivity index (χ0) is 15.1. The van der Waals surface area contributed by atoms with Gasteiger partial charge in [-0.25, -0.2) is 0 Å². The molecule has 0 aliphatic carbocycles. The second kappa shape index (κ2) is 8.12. The molecule has 2 rings (SSSR count). The van der Waals surface area contributed by atoms with E-state index in [2.05, 4.69) is 4.99 Å². The number of hydrogen-bond acceptors (Lipinski definition) is 5. The Morgan fingerprint density at radius 3 is 2.90 bits per heavy atom. The number of esters is 1. The summed E-state index contributed by atoms with van der Waals surface area (Å²) in [5, 5.41) is 0. The topological polar surface area (TPSA) is 55.7 Å². The minimum absolute atomic E-state index is 0.0966. The van der Waals surface area contributed by atoms with Crippen molar-refractivity contribution in [3.05, 3.63) is 30.3 Å². The quantitative estimate of drug-likeness (QED) is 0.336. The van der Waals surface area contributed by atoms with Crippen LogP contribution in [0.2, 0.25) is 0 Å². The van der Waals surface area contributed by atoms with Crippen LogP contribution in [0.3, 0.4) is 0 Å². The summed E-state index contributed by atoms with van der Waals surface area (Å²) >= 11 is 1.67. The van der Waals surface area contributed by atoms with Gasteiger partial charge in [0.15, 0.2) is 0 Å². The zero-order valence-corrected chi connectivity index (χ0v) is 12.8. The van der Waals surface area contributed by atoms with E-state index in [1.165, 1.54) is 6.11 Å². The number of rotatable bonds is 7. The Morgan fingerprint density at radius 2 is 2.24 bits per heavy atom. The first-order valence-electron chi connectivity index (χ1n) is 7.09. The Kier molecular flexibility index (Phi) is 6.17. The maximum absolute atomic E-state index is 11.9. The van der Waals surface area contributed by atoms with Crippen molar-refractivity contribution in [1.29, 1.82) is 0 Å². The van der Waals surface area contributed by atoms with Crippen LogP contribution in [0.15, 0.2) is 40.2 Å². The molecule has 1 aromatic rings. The molecule has 1 aliphatic heterocycles. The molecule has 6 heteroatoms. The van der Waals surface area contributed by atoms with Crippen molar-refractivity contribution >= 4 is 31.0 Å². The summed E-state index contributed by atoms with van der Waals surface area (Å²) in [6.45, 7) is 1.98. The molecule has 0 amide bonds. The van der Waals surface area contributed by atoms with Gasteiger partial charge in [-0.1, -0.05) is 0 Å². The predicted octanol–water partition coefficient (Wildman–Crippen LogP) is 2.57. The Hall–Kier alpha value is -1.43. The van der Waals surface area contributed by atoms with Gasteiger partial charge in [0.1, 0.15) is 0 Å². The van der Waals surface area contributed by atoms with Crippen LogP contribution in [0.5, 0.6) is 0 Å². The van der Waals surface area contributed by atoms with Crippen molar-refractivity contribution in [1.82, 2.24) is 0 Å². The minimum atomic E-state index is -0.208. The van der Waals surface area contributed by atoms with E-state index in [0.29, 0.717) is 19.3 Å². The molecule has 0 bridgehead atoms. The molecule has 0 saturated carbocycles. The van der Waals surface area contributed by atoms with E-state index in [0.717, 1.165) is 11.3 Å². The Morgan fingerprint density at radius 1 is 1.48 bits per heavy atom. The molecule has 0 radical (unpaired) electrons. The molecule has 0 aromatic heterocycles. The number of hydrogen-bond donors (Lipinski definition) is 0. The second-order valence-electron chi connectivity index (χ2n) is 4.94. The van der Waals surface area contributed by atoms with Crippen molar-refractivity contribution in [3.8, 4) is 0 Å². The molecule has 3 atom stereocenters. The summed E-state index contributed by atoms with van der Waals surface area (Å²) in [4.78, 5) is 17.2. The van der Waals surface area contributed by atoms with E-state index in [-0.39, 0.29) is 24.0 Å². The molecule has 0 N–H and O–H groups in total. The van der Waals surface area contributed by atoms with Crippen LogP contribution in [0.1, 0.15) is 19.8 Å². The number of thioether (sulfide) groups is 1. The molecular weight excluding hydrogens is 285 g/mol. The van der Waals surface area contributed by atoms with Gasteiger partial charge < -0.3 is 0 Å². The SMILES string of the molecule is CCC(/N=C/B=O)C1CC(CSc2ccccc2)C(=O)O1. The van der Waals surface area contributed by atoms with Crippen LogP contribution in [-0.4, -0.2) is 37.1 Å². The van der Waals surface area contributed by atoms with Crippen molar-refractivity contribution in [3.63, 3.8) is 0 Å². The number of aliphatic imine (C=N–C) groups is 1. The van der Waals surface area contributed by atoms with E-state index >= 15 is 0 Å². The standard InChI is InChI=1S/C15H18BNO3S/c1-2-13(17-10-16-19)14-8-11(15(18)20-14)9-21-12-6-4-3-5-7-12/h3-7,10-11,13-14H,2,8-9H2,1H3/b17-10+. The number of cyclic esters (lactones) is 1. The zero-order valence-electron chi connectivity index (χ0n) is 12.0. The van der Waals surface area contributed by atoms with Gasteiger partial charge in [-0.2, -0.15) is 0 Å². The summed E-state index contributed by atoms with van der Waals surface area (Å²) < 4.78 is 15.8. The van der Waals surface area contributed by atoms with Gasteiger partial charge in [-0.15, -0.1) is 0 Å². The maximum atomic E-state index is 11.9. The average molecular weight is 303 g/mol. The molecule has 0 spiro atoms. The number of ether oxygens (including phenoxy) is 1. The van der Waals surface area contributed by atoms with Gasteiger partial charge in [0.25, 0.3) is 0 Å². The molecule has 110 valence electrons. The second-order valence-corrected chi connectivity index (χ2v) is 6.04. The number of carbonyl (C=O) groups excluding carboxylic acids is 1. The summed E-state index contributed by atoms with van der Waals surface area (Å²) in [7, 11) is 0.655. The normalized spacial score (nSPS) is 23.0. The fraction of sp³-hybridized carbons (Fsp3) is 0.467. The van der Waals surface area contributed by atoms with Crippen molar-refractivity contribution < 1.29 is 14.2 Å². The number of benzene rings is 1. The van der Waals surface area contributed by atoms with Crippen LogP contribution >= 0.6 is 11.8 Å². The Labute approximate surface area is 129 Å². The molecule has 1 aliphatic rings. The van der Waals surface area contributed by atoms with E-state index in [1.807, 2.05) is 37.3 Å². The summed E-state index contributed by atoms with van der Waals surface area (Å²) in [5.41, 5.74) is 0. The first-order valence-corrected chi connectivity index (χ1v) is 8.08. The van der Waals surface area contributed by atoms with Crippen molar-refractivity contribution in [2.75, 3.05) is 5.75 Å². The van der Waals surface area contributed by atoms with E-state index in [1.54, 1.807) is 11.8 Å². The molecule has 1 fully saturated rings. The fourth-order valence-corrected chi connectivity index (χ4v) is 3.38. The molecule has 1 aromatic carbocycles. The molecule has 3 unspecified atom stereocenters. The third-order valence-corrected chi connectivity index (χ3v) is 4.67. The summed E-state index contributed by atoms with van der Waals surface area (Å²) in [6.07, 6.45) is 2.46. The summed E-state index contributed by atoms with van der Waals surface area (Å²) in [6, 6.07) is 9.89. The predicted molar refractivity (Wildman–Crippen MR) is 84.2 cm³/mol. The first kappa shape index (κ1) is 16.0. The molecule has 1 saturated heterocycles. The van der Waals surface area contributed by atoms with Gasteiger partial charge >= 0.3 is 129 Å². The van der Waals surface area contributed by atoms with Crippen LogP contribution in [-0.2, 0) is 14.2 Å². The fourth-order valence-electron chi connectivity index (χ4n) is 2.37. The van der Waals surface area contributed by atoms with E-state index in [9.17, 15) is 9.50 Å². The Bertz CT molecular complexity index is 509. The van der Waals surface area contributed by atoms with Gasteiger partial charge in [-0.05, 0) is 0 Å². The van der Waals surface area contributed by atoms with Crippen molar-refractivity contribution in [2.24, 2.45) is 10.9 Å². The van der Waals surface area contributed by atoms with E-state index in [4.69, 9.17) is 4.74 Å². The molecule has 21 heavy (non-hydrogen) atoms. The van der Waals surface area contributed by atoms with Gasteiger partial charge in [-0.3, -0.25) is 0 Å².